The molecule has 3 rings (SSSR count). The third-order valence-electron chi connectivity index (χ3n) is 6.41. The van der Waals surface area contributed by atoms with Crippen molar-refractivity contribution in [2.24, 2.45) is 0 Å². The fourth-order valence-electron chi connectivity index (χ4n) is 4.52. The molecule has 1 saturated carbocycles. The van der Waals surface area contributed by atoms with E-state index in [9.17, 15) is 9.59 Å². The molecule has 1 aliphatic rings. The number of ether oxygens (including phenoxy) is 2. The van der Waals surface area contributed by atoms with E-state index >= 15 is 0 Å². The summed E-state index contributed by atoms with van der Waals surface area (Å²) < 4.78 is 11.0. The molecule has 2 aromatic carbocycles. The van der Waals surface area contributed by atoms with Gasteiger partial charge >= 0.3 is 0 Å². The highest BCUT2D eigenvalue weighted by Gasteiger charge is 2.19. The molecule has 1 fully saturated rings. The van der Waals surface area contributed by atoms with Gasteiger partial charge in [-0.2, -0.15) is 0 Å². The van der Waals surface area contributed by atoms with Gasteiger partial charge in [0.25, 0.3) is 11.8 Å². The minimum absolute atomic E-state index is 0.0388. The summed E-state index contributed by atoms with van der Waals surface area (Å²) >= 11 is 0. The van der Waals surface area contributed by atoms with Crippen LogP contribution in [0, 0.1) is 0 Å². The first-order valence-electron chi connectivity index (χ1n) is 12.5. The summed E-state index contributed by atoms with van der Waals surface area (Å²) in [5.41, 5.74) is 2.83. The number of hydrogen-bond donors (Lipinski definition) is 2. The van der Waals surface area contributed by atoms with Crippen LogP contribution in [0.25, 0.3) is 0 Å². The Morgan fingerprint density at radius 3 is 2.43 bits per heavy atom. The molecule has 0 spiro atoms. The van der Waals surface area contributed by atoms with Gasteiger partial charge in [0.2, 0.25) is 0 Å². The second-order valence-electron chi connectivity index (χ2n) is 9.53. The van der Waals surface area contributed by atoms with E-state index in [1.165, 1.54) is 44.8 Å². The zero-order chi connectivity index (χ0) is 25.2. The smallest absolute Gasteiger partial charge is 0.258 e. The van der Waals surface area contributed by atoms with Crippen LogP contribution in [0.1, 0.15) is 67.4 Å². The number of benzene rings is 2. The quantitative estimate of drug-likeness (QED) is 0.500. The Balaban J connectivity index is 1.59. The molecule has 0 saturated heterocycles. The van der Waals surface area contributed by atoms with Crippen molar-refractivity contribution in [1.82, 2.24) is 15.5 Å². The first-order valence-corrected chi connectivity index (χ1v) is 12.5. The van der Waals surface area contributed by atoms with Gasteiger partial charge in [0.05, 0.1) is 7.11 Å². The van der Waals surface area contributed by atoms with Crippen LogP contribution in [0.4, 0.5) is 0 Å². The Hall–Kier alpha value is -3.06. The number of methoxy groups -OCH3 is 1. The average Bonchev–Trinajstić information content (AvgIpc) is 2.86. The highest BCUT2D eigenvalue weighted by molar-refractivity contribution is 5.94. The lowest BCUT2D eigenvalue weighted by Gasteiger charge is -2.31. The molecule has 0 aliphatic heterocycles. The van der Waals surface area contributed by atoms with Crippen molar-refractivity contribution in [3.8, 4) is 11.5 Å². The molecule has 0 radical (unpaired) electrons. The van der Waals surface area contributed by atoms with Crippen molar-refractivity contribution in [2.75, 3.05) is 20.8 Å². The molecule has 190 valence electrons. The van der Waals surface area contributed by atoms with Gasteiger partial charge in [-0.25, -0.2) is 0 Å². The van der Waals surface area contributed by atoms with Crippen LogP contribution in [0.2, 0.25) is 0 Å². The average molecular weight is 482 g/mol. The lowest BCUT2D eigenvalue weighted by atomic mass is 9.94. The van der Waals surface area contributed by atoms with Crippen molar-refractivity contribution in [1.29, 1.82) is 0 Å². The molecule has 1 aliphatic carbocycles. The van der Waals surface area contributed by atoms with Crippen LogP contribution < -0.4 is 20.1 Å². The van der Waals surface area contributed by atoms with Crippen molar-refractivity contribution in [3.63, 3.8) is 0 Å². The summed E-state index contributed by atoms with van der Waals surface area (Å²) in [6.07, 6.45) is 6.49. The zero-order valence-corrected chi connectivity index (χ0v) is 21.4. The Labute approximate surface area is 209 Å². The molecule has 0 aromatic heterocycles. The number of amides is 2. The van der Waals surface area contributed by atoms with E-state index in [1.54, 1.807) is 18.2 Å². The normalized spacial score (nSPS) is 14.1. The predicted molar refractivity (Wildman–Crippen MR) is 138 cm³/mol. The van der Waals surface area contributed by atoms with Gasteiger partial charge in [0, 0.05) is 30.7 Å². The Morgan fingerprint density at radius 1 is 1.03 bits per heavy atom. The van der Waals surface area contributed by atoms with E-state index in [4.69, 9.17) is 9.47 Å². The van der Waals surface area contributed by atoms with E-state index < -0.39 is 0 Å². The van der Waals surface area contributed by atoms with E-state index in [1.807, 2.05) is 19.9 Å². The number of nitrogens with one attached hydrogen (secondary N) is 2. The van der Waals surface area contributed by atoms with Gasteiger partial charge in [0.15, 0.2) is 18.1 Å². The molecule has 0 unspecified atom stereocenters. The van der Waals surface area contributed by atoms with Crippen LogP contribution in [-0.4, -0.2) is 49.6 Å². The van der Waals surface area contributed by atoms with E-state index in [-0.39, 0.29) is 24.5 Å². The van der Waals surface area contributed by atoms with Crippen molar-refractivity contribution < 1.29 is 19.1 Å². The van der Waals surface area contributed by atoms with Crippen molar-refractivity contribution >= 4 is 11.8 Å². The minimum atomic E-state index is -0.211. The second kappa shape index (κ2) is 13.1. The molecule has 7 heteroatoms. The van der Waals surface area contributed by atoms with Crippen LogP contribution >= 0.6 is 0 Å². The highest BCUT2D eigenvalue weighted by Crippen LogP contribution is 2.28. The lowest BCUT2D eigenvalue weighted by molar-refractivity contribution is -0.123. The van der Waals surface area contributed by atoms with Gasteiger partial charge in [-0.05, 0) is 63.1 Å². The zero-order valence-electron chi connectivity index (χ0n) is 21.4. The number of hydrogen-bond acceptors (Lipinski definition) is 5. The fourth-order valence-corrected chi connectivity index (χ4v) is 4.52. The maximum absolute atomic E-state index is 12.9. The van der Waals surface area contributed by atoms with Crippen molar-refractivity contribution in [3.05, 3.63) is 59.2 Å². The molecule has 2 aromatic rings. The van der Waals surface area contributed by atoms with Gasteiger partial charge in [-0.15, -0.1) is 0 Å². The van der Waals surface area contributed by atoms with Gasteiger partial charge in [0.1, 0.15) is 0 Å². The molecule has 2 N–H and O–H groups in total. The van der Waals surface area contributed by atoms with Crippen molar-refractivity contribution in [2.45, 2.75) is 71.1 Å². The molecule has 0 heterocycles. The van der Waals surface area contributed by atoms with Crippen LogP contribution in [0.5, 0.6) is 11.5 Å². The van der Waals surface area contributed by atoms with E-state index in [0.29, 0.717) is 29.6 Å². The molecular formula is C28H39N3O4. The van der Waals surface area contributed by atoms with E-state index in [2.05, 4.69) is 40.8 Å². The van der Waals surface area contributed by atoms with Crippen LogP contribution in [0.15, 0.2) is 42.5 Å². The largest absolute Gasteiger partial charge is 0.493 e. The summed E-state index contributed by atoms with van der Waals surface area (Å²) in [5.74, 6) is 0.420. The van der Waals surface area contributed by atoms with Gasteiger partial charge in [-0.1, -0.05) is 43.5 Å². The highest BCUT2D eigenvalue weighted by atomic mass is 16.5. The Morgan fingerprint density at radius 2 is 1.74 bits per heavy atom. The maximum atomic E-state index is 12.9. The SMILES string of the molecule is COc1cc(C(=O)NCc2ccccc2CN(C)C2CCCCC2)ccc1OCC(=O)NC(C)C. The summed E-state index contributed by atoms with van der Waals surface area (Å²) in [4.78, 5) is 27.2. The maximum Gasteiger partial charge on any atom is 0.258 e. The molecule has 35 heavy (non-hydrogen) atoms. The molecule has 2 amide bonds. The molecule has 0 atom stereocenters. The number of rotatable bonds is 11. The summed E-state index contributed by atoms with van der Waals surface area (Å²) in [6, 6.07) is 13.9. The minimum Gasteiger partial charge on any atom is -0.493 e. The first-order chi connectivity index (χ1) is 16.9. The summed E-state index contributed by atoms with van der Waals surface area (Å²) in [7, 11) is 3.71. The monoisotopic (exact) mass is 481 g/mol. The predicted octanol–water partition coefficient (Wildman–Crippen LogP) is 4.29. The third kappa shape index (κ3) is 7.99. The Bertz CT molecular complexity index is 986. The second-order valence-corrected chi connectivity index (χ2v) is 9.53. The number of carbonyl (C=O) groups excluding carboxylic acids is 2. The third-order valence-corrected chi connectivity index (χ3v) is 6.41. The standard InChI is InChI=1S/C28H39N3O4/c1-20(2)30-27(32)19-35-25-15-14-21(16-26(25)34-4)28(33)29-17-22-10-8-9-11-23(22)18-31(3)24-12-6-5-7-13-24/h8-11,14-16,20,24H,5-7,12-13,17-19H2,1-4H3,(H,29,33)(H,30,32). The van der Waals surface area contributed by atoms with Crippen LogP contribution in [-0.2, 0) is 17.9 Å². The summed E-state index contributed by atoms with van der Waals surface area (Å²) in [5, 5.41) is 5.81. The number of carbonyl (C=O) groups is 2. The molecular weight excluding hydrogens is 442 g/mol. The van der Waals surface area contributed by atoms with E-state index in [0.717, 1.165) is 12.1 Å². The summed E-state index contributed by atoms with van der Waals surface area (Å²) in [6.45, 7) is 4.98. The fraction of sp³-hybridized carbons (Fsp3) is 0.500. The number of nitrogens with zero attached hydrogens (tertiary/aromatic N) is 1. The topological polar surface area (TPSA) is 79.9 Å². The molecule has 0 bridgehead atoms. The first kappa shape index (κ1) is 26.5. The molecule has 7 nitrogen and oxygen atoms in total. The van der Waals surface area contributed by atoms with Gasteiger partial charge in [-0.3, -0.25) is 14.5 Å². The Kier molecular flexibility index (Phi) is 9.97. The van der Waals surface area contributed by atoms with Gasteiger partial charge < -0.3 is 20.1 Å². The van der Waals surface area contributed by atoms with Crippen LogP contribution in [0.3, 0.4) is 0 Å². The lowest BCUT2D eigenvalue weighted by Crippen LogP contribution is -2.34.